The van der Waals surface area contributed by atoms with Gasteiger partial charge < -0.3 is 23.9 Å². The van der Waals surface area contributed by atoms with Crippen molar-refractivity contribution >= 4 is 16.9 Å². The summed E-state index contributed by atoms with van der Waals surface area (Å²) in [5.74, 6) is 0.506. The van der Waals surface area contributed by atoms with Gasteiger partial charge in [-0.1, -0.05) is 43.3 Å². The van der Waals surface area contributed by atoms with E-state index in [0.717, 1.165) is 51.6 Å². The van der Waals surface area contributed by atoms with E-state index >= 15 is 4.39 Å². The molecule has 0 radical (unpaired) electrons. The van der Waals surface area contributed by atoms with Crippen LogP contribution < -0.4 is 14.2 Å². The first-order valence-corrected chi connectivity index (χ1v) is 15.0. The van der Waals surface area contributed by atoms with Gasteiger partial charge in [-0.3, -0.25) is 4.79 Å². The van der Waals surface area contributed by atoms with E-state index in [2.05, 4.69) is 28.8 Å². The van der Waals surface area contributed by atoms with Crippen molar-refractivity contribution in [3.63, 3.8) is 0 Å². The van der Waals surface area contributed by atoms with E-state index in [9.17, 15) is 9.90 Å². The van der Waals surface area contributed by atoms with Crippen LogP contribution in [0.15, 0.2) is 85.1 Å². The summed E-state index contributed by atoms with van der Waals surface area (Å²) in [7, 11) is 3.58. The van der Waals surface area contributed by atoms with Crippen molar-refractivity contribution in [2.75, 3.05) is 13.7 Å². The minimum Gasteiger partial charge on any atom is -0.497 e. The van der Waals surface area contributed by atoms with Crippen LogP contribution >= 0.6 is 0 Å². The van der Waals surface area contributed by atoms with E-state index in [1.807, 2.05) is 49.6 Å². The lowest BCUT2D eigenvalue weighted by Gasteiger charge is -2.29. The van der Waals surface area contributed by atoms with Crippen LogP contribution in [0.2, 0.25) is 0 Å². The molecule has 44 heavy (non-hydrogen) atoms. The van der Waals surface area contributed by atoms with Crippen LogP contribution in [-0.2, 0) is 11.8 Å². The van der Waals surface area contributed by atoms with Gasteiger partial charge in [-0.15, -0.1) is 0 Å². The predicted octanol–water partition coefficient (Wildman–Crippen LogP) is 8.39. The summed E-state index contributed by atoms with van der Waals surface area (Å²) in [5, 5.41) is 10.9. The Balaban J connectivity index is 1.31. The van der Waals surface area contributed by atoms with Crippen molar-refractivity contribution in [1.29, 1.82) is 0 Å². The number of fused-ring (bicyclic) bond motifs is 2. The third kappa shape index (κ3) is 4.96. The molecule has 4 aromatic carbocycles. The zero-order chi connectivity index (χ0) is 30.5. The second kappa shape index (κ2) is 11.1. The molecule has 0 spiro atoms. The third-order valence-corrected chi connectivity index (χ3v) is 9.14. The number of benzene rings is 4. The number of aromatic nitrogens is 1. The van der Waals surface area contributed by atoms with Crippen molar-refractivity contribution in [3.05, 3.63) is 102 Å². The van der Waals surface area contributed by atoms with Crippen LogP contribution in [-0.4, -0.2) is 29.4 Å². The van der Waals surface area contributed by atoms with E-state index in [0.29, 0.717) is 35.3 Å². The molecule has 1 aromatic heterocycles. The van der Waals surface area contributed by atoms with E-state index in [-0.39, 0.29) is 11.7 Å². The lowest BCUT2D eigenvalue weighted by Crippen LogP contribution is -2.23. The van der Waals surface area contributed by atoms with Crippen LogP contribution in [0.5, 0.6) is 17.2 Å². The van der Waals surface area contributed by atoms with Gasteiger partial charge in [-0.25, -0.2) is 4.39 Å². The van der Waals surface area contributed by atoms with Gasteiger partial charge >= 0.3 is 5.97 Å². The fourth-order valence-electron chi connectivity index (χ4n) is 6.67. The molecular formula is C37H34FNO5. The van der Waals surface area contributed by atoms with E-state index in [1.165, 1.54) is 6.07 Å². The highest BCUT2D eigenvalue weighted by molar-refractivity contribution is 5.99. The molecule has 2 aliphatic rings. The highest BCUT2D eigenvalue weighted by Crippen LogP contribution is 2.49. The summed E-state index contributed by atoms with van der Waals surface area (Å²) in [6, 6.07) is 24.8. The summed E-state index contributed by atoms with van der Waals surface area (Å²) in [4.78, 5) is 11.9. The molecule has 7 rings (SSSR count). The van der Waals surface area contributed by atoms with E-state index in [4.69, 9.17) is 14.2 Å². The van der Waals surface area contributed by atoms with Crippen molar-refractivity contribution in [1.82, 2.24) is 4.57 Å². The molecule has 0 unspecified atom stereocenters. The van der Waals surface area contributed by atoms with Crippen LogP contribution in [0.4, 0.5) is 4.39 Å². The average Bonchev–Trinajstić information content (AvgIpc) is 3.81. The monoisotopic (exact) mass is 591 g/mol. The molecule has 7 heteroatoms. The molecule has 5 aromatic rings. The molecule has 6 nitrogen and oxygen atoms in total. The molecule has 1 N–H and O–H groups in total. The van der Waals surface area contributed by atoms with Gasteiger partial charge in [0.15, 0.2) is 17.6 Å². The number of rotatable bonds is 8. The molecular weight excluding hydrogens is 557 g/mol. The summed E-state index contributed by atoms with van der Waals surface area (Å²) in [5.41, 5.74) is 5.94. The van der Waals surface area contributed by atoms with Gasteiger partial charge in [0.05, 0.1) is 18.5 Å². The maximum atomic E-state index is 15.4. The Bertz CT molecular complexity index is 1890. The summed E-state index contributed by atoms with van der Waals surface area (Å²) >= 11 is 0. The van der Waals surface area contributed by atoms with Gasteiger partial charge in [0, 0.05) is 29.8 Å². The maximum absolute atomic E-state index is 15.4. The molecule has 224 valence electrons. The Morgan fingerprint density at radius 3 is 2.57 bits per heavy atom. The Hall–Kier alpha value is -4.78. The van der Waals surface area contributed by atoms with Crippen LogP contribution in [0, 0.1) is 17.7 Å². The molecule has 1 saturated carbocycles. The SMILES string of the molecule is COc1ccc(F)c(-c2ccc([C@H]3COc4ccc([C@H](C5CC5)[C@H](C)C(=O)O)cc4O3)cc2-c2cccc3ccn(C)c23)c1. The zero-order valence-electron chi connectivity index (χ0n) is 24.9. The van der Waals surface area contributed by atoms with E-state index in [1.54, 1.807) is 26.2 Å². The number of para-hydroxylation sites is 1. The Labute approximate surface area is 255 Å². The predicted molar refractivity (Wildman–Crippen MR) is 168 cm³/mol. The smallest absolute Gasteiger partial charge is 0.306 e. The van der Waals surface area contributed by atoms with Gasteiger partial charge in [0.1, 0.15) is 18.2 Å². The van der Waals surface area contributed by atoms with Gasteiger partial charge in [0.2, 0.25) is 0 Å². The summed E-state index contributed by atoms with van der Waals surface area (Å²) in [6.45, 7) is 2.09. The summed E-state index contributed by atoms with van der Waals surface area (Å²) in [6.07, 6.45) is 3.69. The molecule has 2 heterocycles. The minimum atomic E-state index is -0.789. The number of hydrogen-bond acceptors (Lipinski definition) is 4. The molecule has 0 saturated heterocycles. The summed E-state index contributed by atoms with van der Waals surface area (Å²) < 4.78 is 35.6. The first-order chi connectivity index (χ1) is 21.3. The largest absolute Gasteiger partial charge is 0.497 e. The quantitative estimate of drug-likeness (QED) is 0.196. The van der Waals surface area contributed by atoms with Crippen LogP contribution in [0.25, 0.3) is 33.2 Å². The van der Waals surface area contributed by atoms with Gasteiger partial charge in [-0.2, -0.15) is 0 Å². The number of aliphatic carboxylic acids is 1. The Morgan fingerprint density at radius 2 is 1.80 bits per heavy atom. The molecule has 0 amide bonds. The molecule has 0 bridgehead atoms. The van der Waals surface area contributed by atoms with Crippen molar-refractivity contribution < 1.29 is 28.5 Å². The lowest BCUT2D eigenvalue weighted by molar-refractivity contribution is -0.142. The average molecular weight is 592 g/mol. The number of nitrogens with zero attached hydrogens (tertiary/aromatic N) is 1. The van der Waals surface area contributed by atoms with Crippen LogP contribution in [0.1, 0.15) is 42.9 Å². The number of aryl methyl sites for hydroxylation is 1. The van der Waals surface area contributed by atoms with Gasteiger partial charge in [0.25, 0.3) is 0 Å². The fraction of sp³-hybridized carbons (Fsp3) is 0.270. The molecule has 1 fully saturated rings. The zero-order valence-corrected chi connectivity index (χ0v) is 24.9. The molecule has 1 aliphatic carbocycles. The Morgan fingerprint density at radius 1 is 0.955 bits per heavy atom. The van der Waals surface area contributed by atoms with Crippen molar-refractivity contribution in [2.45, 2.75) is 31.8 Å². The van der Waals surface area contributed by atoms with E-state index < -0.39 is 18.0 Å². The second-order valence-corrected chi connectivity index (χ2v) is 11.9. The second-order valence-electron chi connectivity index (χ2n) is 11.9. The number of carboxylic acid groups (broad SMARTS) is 1. The number of ether oxygens (including phenoxy) is 3. The topological polar surface area (TPSA) is 69.9 Å². The Kier molecular flexibility index (Phi) is 7.04. The highest BCUT2D eigenvalue weighted by Gasteiger charge is 2.39. The number of carboxylic acids is 1. The number of carbonyl (C=O) groups is 1. The molecule has 1 aliphatic heterocycles. The number of halogens is 1. The van der Waals surface area contributed by atoms with Gasteiger partial charge in [-0.05, 0) is 89.4 Å². The first kappa shape index (κ1) is 28.0. The van der Waals surface area contributed by atoms with Crippen molar-refractivity contribution in [2.24, 2.45) is 18.9 Å². The first-order valence-electron chi connectivity index (χ1n) is 15.0. The highest BCUT2D eigenvalue weighted by atomic mass is 19.1. The van der Waals surface area contributed by atoms with Crippen molar-refractivity contribution in [3.8, 4) is 39.5 Å². The number of methoxy groups -OCH3 is 1. The minimum absolute atomic E-state index is 0.0730. The number of hydrogen-bond donors (Lipinski definition) is 1. The lowest BCUT2D eigenvalue weighted by atomic mass is 9.83. The fourth-order valence-corrected chi connectivity index (χ4v) is 6.67. The third-order valence-electron chi connectivity index (χ3n) is 9.14. The maximum Gasteiger partial charge on any atom is 0.306 e. The van der Waals surface area contributed by atoms with Crippen LogP contribution in [0.3, 0.4) is 0 Å². The molecule has 3 atom stereocenters. The normalized spacial score (nSPS) is 17.3. The standard InChI is InChI=1S/C37H34FNO5/c1-21(37(40)41)35(22-7-8-22)25-10-14-32-33(18-25)44-34(20-43-32)24-9-12-27(30-19-26(42-3)11-13-31(30)38)29(17-24)28-6-4-5-23-15-16-39(2)36(23)28/h4-6,9-19,21-22,34-35H,7-8,20H2,1-3H3,(H,40,41)/t21-,34+,35-/m0/s1.